The van der Waals surface area contributed by atoms with Crippen LogP contribution in [0.2, 0.25) is 0 Å². The molecule has 0 amide bonds. The predicted octanol–water partition coefficient (Wildman–Crippen LogP) is 5.20. The van der Waals surface area contributed by atoms with Crippen molar-refractivity contribution in [2.45, 2.75) is 65.0 Å². The number of aryl methyl sites for hydroxylation is 1. The van der Waals surface area contributed by atoms with Crippen LogP contribution in [-0.2, 0) is 29.2 Å². The maximum absolute atomic E-state index is 12.4. The van der Waals surface area contributed by atoms with Crippen molar-refractivity contribution >= 4 is 28.6 Å². The third kappa shape index (κ3) is 6.37. The number of anilines is 1. The van der Waals surface area contributed by atoms with E-state index in [0.29, 0.717) is 31.1 Å². The zero-order valence-electron chi connectivity index (χ0n) is 26.8. The molecule has 0 radical (unpaired) electrons. The summed E-state index contributed by atoms with van der Waals surface area (Å²) < 4.78 is 19.1. The van der Waals surface area contributed by atoms with Crippen LogP contribution in [0.3, 0.4) is 0 Å². The Hall–Kier alpha value is -4.28. The molecule has 3 fully saturated rings. The van der Waals surface area contributed by atoms with Crippen LogP contribution >= 0.6 is 0 Å². The van der Waals surface area contributed by atoms with Crippen molar-refractivity contribution in [3.8, 4) is 5.88 Å². The number of nitrogens with zero attached hydrogens (tertiary/aromatic N) is 5. The van der Waals surface area contributed by atoms with Crippen molar-refractivity contribution in [3.63, 3.8) is 0 Å². The highest BCUT2D eigenvalue weighted by Crippen LogP contribution is 2.33. The highest BCUT2D eigenvalue weighted by Gasteiger charge is 2.31. The lowest BCUT2D eigenvalue weighted by Gasteiger charge is -2.40. The highest BCUT2D eigenvalue weighted by atomic mass is 16.5. The summed E-state index contributed by atoms with van der Waals surface area (Å²) in [6.07, 6.45) is 3.21. The van der Waals surface area contributed by atoms with E-state index in [-0.39, 0.29) is 29.8 Å². The maximum atomic E-state index is 12.4. The molecule has 4 aromatic rings. The third-order valence-electron chi connectivity index (χ3n) is 9.52. The standard InChI is InChI=1S/C36H41N5O5/c1-23-17-26(35(42)25-7-8-25)9-10-28(23)22-46-34-6-4-5-32(38-34)40-15-14-39(24(2)19-40)21-33-37-30-12-11-27(36(43)44-3)18-31(30)41(33)20-29-13-16-45-29/h4-6,9-12,17-18,24-25,29H,7-8,13-16,19-22H2,1-3H3/t24-,29?/m0/s1. The van der Waals surface area contributed by atoms with Gasteiger partial charge >= 0.3 is 5.97 Å². The number of rotatable bonds is 11. The first-order valence-corrected chi connectivity index (χ1v) is 16.3. The summed E-state index contributed by atoms with van der Waals surface area (Å²) in [4.78, 5) is 39.3. The van der Waals surface area contributed by atoms with Gasteiger partial charge in [-0.1, -0.05) is 18.2 Å². The van der Waals surface area contributed by atoms with Gasteiger partial charge in [-0.25, -0.2) is 9.78 Å². The zero-order chi connectivity index (χ0) is 31.8. The zero-order valence-corrected chi connectivity index (χ0v) is 26.8. The van der Waals surface area contributed by atoms with Gasteiger partial charge in [-0.15, -0.1) is 0 Å². The SMILES string of the molecule is COC(=O)c1ccc2nc(CN3CCN(c4cccc(OCc5ccc(C(=O)C6CC6)cc5C)n4)C[C@@H]3C)n(CC3CCO3)c2c1. The number of methoxy groups -OCH3 is 1. The molecule has 1 aliphatic carbocycles. The summed E-state index contributed by atoms with van der Waals surface area (Å²) in [5.41, 5.74) is 5.23. The van der Waals surface area contributed by atoms with Crippen molar-refractivity contribution in [2.75, 3.05) is 38.3 Å². The van der Waals surface area contributed by atoms with Crippen molar-refractivity contribution < 1.29 is 23.8 Å². The second-order valence-electron chi connectivity index (χ2n) is 12.8. The van der Waals surface area contributed by atoms with Gasteiger partial charge < -0.3 is 23.7 Å². The summed E-state index contributed by atoms with van der Waals surface area (Å²) in [5.74, 6) is 2.59. The fourth-order valence-electron chi connectivity index (χ4n) is 6.40. The Bertz CT molecular complexity index is 1760. The largest absolute Gasteiger partial charge is 0.473 e. The van der Waals surface area contributed by atoms with E-state index < -0.39 is 0 Å². The van der Waals surface area contributed by atoms with E-state index in [9.17, 15) is 9.59 Å². The molecular formula is C36H41N5O5. The Labute approximate surface area is 269 Å². The average molecular weight is 624 g/mol. The minimum absolute atomic E-state index is 0.160. The minimum atomic E-state index is -0.352. The van der Waals surface area contributed by atoms with Crippen LogP contribution in [0.5, 0.6) is 5.88 Å². The number of carbonyl (C=O) groups is 2. The molecule has 1 unspecified atom stereocenters. The molecular weight excluding hydrogens is 582 g/mol. The molecule has 0 spiro atoms. The fourth-order valence-corrected chi connectivity index (χ4v) is 6.40. The molecule has 2 saturated heterocycles. The second-order valence-corrected chi connectivity index (χ2v) is 12.8. The van der Waals surface area contributed by atoms with Crippen LogP contribution in [-0.4, -0.2) is 76.7 Å². The van der Waals surface area contributed by atoms with Gasteiger partial charge in [-0.05, 0) is 74.6 Å². The number of Topliss-reactive ketones (excluding diaryl/α,β-unsaturated/α-hetero) is 1. The van der Waals surface area contributed by atoms with Gasteiger partial charge in [0.05, 0.1) is 42.9 Å². The molecule has 2 aromatic carbocycles. The first-order chi connectivity index (χ1) is 22.4. The Kier molecular flexibility index (Phi) is 8.48. The molecule has 10 heteroatoms. The Morgan fingerprint density at radius 2 is 1.83 bits per heavy atom. The van der Waals surface area contributed by atoms with Gasteiger partial charge in [-0.2, -0.15) is 4.98 Å². The number of pyridine rings is 1. The predicted molar refractivity (Wildman–Crippen MR) is 174 cm³/mol. The Morgan fingerprint density at radius 3 is 2.54 bits per heavy atom. The highest BCUT2D eigenvalue weighted by molar-refractivity contribution is 5.99. The van der Waals surface area contributed by atoms with E-state index in [4.69, 9.17) is 24.2 Å². The summed E-state index contributed by atoms with van der Waals surface area (Å²) in [6.45, 7) is 9.38. The van der Waals surface area contributed by atoms with Gasteiger partial charge in [0.2, 0.25) is 5.88 Å². The molecule has 240 valence electrons. The summed E-state index contributed by atoms with van der Waals surface area (Å²) in [7, 11) is 1.40. The van der Waals surface area contributed by atoms with Crippen molar-refractivity contribution in [2.24, 2.45) is 5.92 Å². The number of piperazine rings is 1. The molecule has 0 N–H and O–H groups in total. The molecule has 1 saturated carbocycles. The number of esters is 1. The Morgan fingerprint density at radius 1 is 1.00 bits per heavy atom. The van der Waals surface area contributed by atoms with Gasteiger partial charge in [-0.3, -0.25) is 9.69 Å². The molecule has 2 aliphatic heterocycles. The molecule has 10 nitrogen and oxygen atoms in total. The number of ether oxygens (including phenoxy) is 3. The third-order valence-corrected chi connectivity index (χ3v) is 9.52. The number of fused-ring (bicyclic) bond motifs is 1. The number of benzene rings is 2. The molecule has 46 heavy (non-hydrogen) atoms. The van der Waals surface area contributed by atoms with Crippen LogP contribution < -0.4 is 9.64 Å². The van der Waals surface area contributed by atoms with Crippen molar-refractivity contribution in [1.82, 2.24) is 19.4 Å². The maximum Gasteiger partial charge on any atom is 0.337 e. The van der Waals surface area contributed by atoms with Gasteiger partial charge in [0.1, 0.15) is 18.2 Å². The number of carbonyl (C=O) groups excluding carboxylic acids is 2. The molecule has 2 atom stereocenters. The van der Waals surface area contributed by atoms with Gasteiger partial charge in [0, 0.05) is 49.8 Å². The lowest BCUT2D eigenvalue weighted by atomic mass is 10.0. The lowest BCUT2D eigenvalue weighted by Crippen LogP contribution is -2.52. The van der Waals surface area contributed by atoms with Crippen LogP contribution in [0.15, 0.2) is 54.6 Å². The quantitative estimate of drug-likeness (QED) is 0.165. The lowest BCUT2D eigenvalue weighted by molar-refractivity contribution is -0.0592. The first kappa shape index (κ1) is 30.4. The molecule has 7 rings (SSSR count). The summed E-state index contributed by atoms with van der Waals surface area (Å²) in [5, 5.41) is 0. The summed E-state index contributed by atoms with van der Waals surface area (Å²) >= 11 is 0. The Balaban J connectivity index is 1.01. The van der Waals surface area contributed by atoms with E-state index in [1.165, 1.54) is 7.11 Å². The average Bonchev–Trinajstić information content (AvgIpc) is 3.84. The first-order valence-electron chi connectivity index (χ1n) is 16.3. The topological polar surface area (TPSA) is 99.0 Å². The number of hydrogen-bond acceptors (Lipinski definition) is 9. The molecule has 0 bridgehead atoms. The van der Waals surface area contributed by atoms with Crippen molar-refractivity contribution in [3.05, 3.63) is 82.7 Å². The van der Waals surface area contributed by atoms with Crippen molar-refractivity contribution in [1.29, 1.82) is 0 Å². The van der Waals surface area contributed by atoms with E-state index in [1.807, 2.05) is 55.5 Å². The number of hydrogen-bond donors (Lipinski definition) is 0. The number of aromatic nitrogens is 3. The normalized spacial score (nSPS) is 20.0. The number of ketones is 1. The van der Waals surface area contributed by atoms with E-state index >= 15 is 0 Å². The van der Waals surface area contributed by atoms with Crippen LogP contribution in [0.4, 0.5) is 5.82 Å². The van der Waals surface area contributed by atoms with Crippen LogP contribution in [0, 0.1) is 12.8 Å². The summed E-state index contributed by atoms with van der Waals surface area (Å²) in [6, 6.07) is 17.7. The molecule has 4 heterocycles. The van der Waals surface area contributed by atoms with E-state index in [1.54, 1.807) is 6.07 Å². The van der Waals surface area contributed by atoms with Gasteiger partial charge in [0.15, 0.2) is 5.78 Å². The van der Waals surface area contributed by atoms with Gasteiger partial charge in [0.25, 0.3) is 0 Å². The smallest absolute Gasteiger partial charge is 0.337 e. The minimum Gasteiger partial charge on any atom is -0.473 e. The monoisotopic (exact) mass is 623 g/mol. The van der Waals surface area contributed by atoms with Crippen LogP contribution in [0.25, 0.3) is 11.0 Å². The molecule has 2 aromatic heterocycles. The molecule has 3 aliphatic rings. The number of imidazole rings is 1. The van der Waals surface area contributed by atoms with Crippen LogP contribution in [0.1, 0.15) is 63.9 Å². The second kappa shape index (κ2) is 12.8. The fraction of sp³-hybridized carbons (Fsp3) is 0.444. The van der Waals surface area contributed by atoms with E-state index in [2.05, 4.69) is 21.3 Å². The van der Waals surface area contributed by atoms with E-state index in [0.717, 1.165) is 84.9 Å².